The van der Waals surface area contributed by atoms with E-state index >= 15 is 0 Å². The minimum Gasteiger partial charge on any atom is -0.481 e. The van der Waals surface area contributed by atoms with Crippen LogP contribution < -0.4 is 4.74 Å². The van der Waals surface area contributed by atoms with Crippen molar-refractivity contribution in [3.05, 3.63) is 28.8 Å². The van der Waals surface area contributed by atoms with Crippen LogP contribution >= 0.6 is 0 Å². The summed E-state index contributed by atoms with van der Waals surface area (Å²) in [6, 6.07) is 3.54. The van der Waals surface area contributed by atoms with E-state index in [9.17, 15) is 9.59 Å². The second-order valence-electron chi connectivity index (χ2n) is 6.92. The lowest BCUT2D eigenvalue weighted by atomic mass is 9.97. The summed E-state index contributed by atoms with van der Waals surface area (Å²) in [4.78, 5) is 25.4. The first-order chi connectivity index (χ1) is 11.8. The van der Waals surface area contributed by atoms with Gasteiger partial charge in [0.15, 0.2) is 6.61 Å². The number of methoxy groups -OCH3 is 1. The van der Waals surface area contributed by atoms with E-state index in [1.165, 1.54) is 0 Å². The molecule has 25 heavy (non-hydrogen) atoms. The molecule has 1 aliphatic rings. The van der Waals surface area contributed by atoms with Crippen molar-refractivity contribution in [2.45, 2.75) is 45.6 Å². The highest BCUT2D eigenvalue weighted by atomic mass is 16.5. The van der Waals surface area contributed by atoms with Gasteiger partial charge in [0.1, 0.15) is 5.75 Å². The number of carbonyl (C=O) groups is 2. The standard InChI is InChI=1S/C19H27NO5/c1-13-10-15(11-14(2)17(13)25-12-16(21)22)18(23)20-8-5-6-19(3,24-4)7-9-20/h10-11H,5-9,12H2,1-4H3,(H,21,22)/t19-/m1/s1. The average molecular weight is 349 g/mol. The Kier molecular flexibility index (Phi) is 6.06. The van der Waals surface area contributed by atoms with E-state index in [0.717, 1.165) is 30.4 Å². The topological polar surface area (TPSA) is 76.1 Å². The number of rotatable bonds is 5. The van der Waals surface area contributed by atoms with Gasteiger partial charge in [-0.05, 0) is 63.3 Å². The Hall–Kier alpha value is -2.08. The molecular weight excluding hydrogens is 322 g/mol. The van der Waals surface area contributed by atoms with Crippen molar-refractivity contribution in [2.75, 3.05) is 26.8 Å². The van der Waals surface area contributed by atoms with Crippen LogP contribution in [0.4, 0.5) is 0 Å². The van der Waals surface area contributed by atoms with Crippen LogP contribution in [0.25, 0.3) is 0 Å². The van der Waals surface area contributed by atoms with Gasteiger partial charge < -0.3 is 19.5 Å². The minimum atomic E-state index is -1.02. The third-order valence-corrected chi connectivity index (χ3v) is 4.87. The fraction of sp³-hybridized carbons (Fsp3) is 0.579. The third-order valence-electron chi connectivity index (χ3n) is 4.87. The summed E-state index contributed by atoms with van der Waals surface area (Å²) < 4.78 is 10.9. The summed E-state index contributed by atoms with van der Waals surface area (Å²) in [5.41, 5.74) is 1.97. The number of benzene rings is 1. The van der Waals surface area contributed by atoms with E-state index in [1.54, 1.807) is 19.2 Å². The van der Waals surface area contributed by atoms with Crippen LogP contribution in [0.5, 0.6) is 5.75 Å². The van der Waals surface area contributed by atoms with Crippen molar-refractivity contribution in [3.63, 3.8) is 0 Å². The fourth-order valence-corrected chi connectivity index (χ4v) is 3.28. The summed E-state index contributed by atoms with van der Waals surface area (Å²) in [7, 11) is 1.72. The first-order valence-corrected chi connectivity index (χ1v) is 8.56. The van der Waals surface area contributed by atoms with Gasteiger partial charge in [-0.25, -0.2) is 4.79 Å². The monoisotopic (exact) mass is 349 g/mol. The van der Waals surface area contributed by atoms with Gasteiger partial charge >= 0.3 is 5.97 Å². The van der Waals surface area contributed by atoms with Crippen LogP contribution in [0.15, 0.2) is 12.1 Å². The van der Waals surface area contributed by atoms with E-state index in [2.05, 4.69) is 6.92 Å². The van der Waals surface area contributed by atoms with Crippen molar-refractivity contribution < 1.29 is 24.2 Å². The molecule has 138 valence electrons. The number of hydrogen-bond acceptors (Lipinski definition) is 4. The molecule has 6 heteroatoms. The zero-order chi connectivity index (χ0) is 18.6. The largest absolute Gasteiger partial charge is 0.481 e. The second-order valence-corrected chi connectivity index (χ2v) is 6.92. The number of amides is 1. The van der Waals surface area contributed by atoms with Crippen LogP contribution in [0.3, 0.4) is 0 Å². The Morgan fingerprint density at radius 2 is 1.84 bits per heavy atom. The maximum absolute atomic E-state index is 12.9. The molecule has 0 aliphatic carbocycles. The quantitative estimate of drug-likeness (QED) is 0.884. The van der Waals surface area contributed by atoms with Gasteiger partial charge in [-0.2, -0.15) is 0 Å². The number of carbonyl (C=O) groups excluding carboxylic acids is 1. The van der Waals surface area contributed by atoms with Gasteiger partial charge in [0.25, 0.3) is 5.91 Å². The molecule has 2 rings (SSSR count). The average Bonchev–Trinajstić information content (AvgIpc) is 2.75. The van der Waals surface area contributed by atoms with Crippen molar-refractivity contribution >= 4 is 11.9 Å². The molecule has 1 saturated heterocycles. The summed E-state index contributed by atoms with van der Waals surface area (Å²) >= 11 is 0. The number of hydrogen-bond donors (Lipinski definition) is 1. The smallest absolute Gasteiger partial charge is 0.341 e. The summed E-state index contributed by atoms with van der Waals surface area (Å²) in [6.07, 6.45) is 2.66. The highest BCUT2D eigenvalue weighted by Crippen LogP contribution is 2.28. The Balaban J connectivity index is 2.15. The fourth-order valence-electron chi connectivity index (χ4n) is 3.28. The molecule has 1 N–H and O–H groups in total. The van der Waals surface area contributed by atoms with Crippen molar-refractivity contribution in [1.82, 2.24) is 4.90 Å². The molecule has 1 aliphatic heterocycles. The highest BCUT2D eigenvalue weighted by Gasteiger charge is 2.29. The van der Waals surface area contributed by atoms with Gasteiger partial charge in [-0.1, -0.05) is 0 Å². The van der Waals surface area contributed by atoms with E-state index < -0.39 is 12.6 Å². The van der Waals surface area contributed by atoms with Gasteiger partial charge in [0.2, 0.25) is 0 Å². The molecule has 0 unspecified atom stereocenters. The van der Waals surface area contributed by atoms with Crippen LogP contribution in [0, 0.1) is 13.8 Å². The number of aryl methyl sites for hydroxylation is 2. The molecule has 0 saturated carbocycles. The van der Waals surface area contributed by atoms with Crippen LogP contribution in [0.1, 0.15) is 47.7 Å². The van der Waals surface area contributed by atoms with Crippen LogP contribution in [-0.2, 0) is 9.53 Å². The van der Waals surface area contributed by atoms with Gasteiger partial charge in [-0.3, -0.25) is 4.79 Å². The van der Waals surface area contributed by atoms with Crippen LogP contribution in [-0.4, -0.2) is 54.3 Å². The number of aliphatic carboxylic acids is 1. The van der Waals surface area contributed by atoms with Crippen molar-refractivity contribution in [2.24, 2.45) is 0 Å². The van der Waals surface area contributed by atoms with E-state index in [4.69, 9.17) is 14.6 Å². The van der Waals surface area contributed by atoms with Gasteiger partial charge in [-0.15, -0.1) is 0 Å². The SMILES string of the molecule is CO[C@]1(C)CCCN(C(=O)c2cc(C)c(OCC(=O)O)c(C)c2)CC1. The molecule has 0 bridgehead atoms. The maximum atomic E-state index is 12.9. The first kappa shape index (κ1) is 19.2. The Morgan fingerprint density at radius 3 is 2.40 bits per heavy atom. The lowest BCUT2D eigenvalue weighted by Crippen LogP contribution is -2.34. The number of likely N-dealkylation sites (tertiary alicyclic amines) is 1. The molecule has 0 spiro atoms. The van der Waals surface area contributed by atoms with Gasteiger partial charge in [0.05, 0.1) is 5.60 Å². The number of nitrogens with zero attached hydrogens (tertiary/aromatic N) is 1. The minimum absolute atomic E-state index is 0.00339. The Labute approximate surface area is 148 Å². The maximum Gasteiger partial charge on any atom is 0.341 e. The molecule has 1 atom stereocenters. The summed E-state index contributed by atoms with van der Waals surface area (Å²) in [5, 5.41) is 8.76. The van der Waals surface area contributed by atoms with Crippen molar-refractivity contribution in [1.29, 1.82) is 0 Å². The second kappa shape index (κ2) is 7.87. The first-order valence-electron chi connectivity index (χ1n) is 8.56. The molecule has 6 nitrogen and oxygen atoms in total. The number of carboxylic acid groups (broad SMARTS) is 1. The molecule has 1 aromatic rings. The predicted molar refractivity (Wildman–Crippen MR) is 94.2 cm³/mol. The molecular formula is C19H27NO5. The summed E-state index contributed by atoms with van der Waals surface area (Å²) in [6.45, 7) is 6.73. The Morgan fingerprint density at radius 1 is 1.20 bits per heavy atom. The number of ether oxygens (including phenoxy) is 2. The lowest BCUT2D eigenvalue weighted by Gasteiger charge is -2.26. The highest BCUT2D eigenvalue weighted by molar-refractivity contribution is 5.95. The van der Waals surface area contributed by atoms with E-state index in [-0.39, 0.29) is 11.5 Å². The van der Waals surface area contributed by atoms with Gasteiger partial charge in [0, 0.05) is 25.8 Å². The number of carboxylic acids is 1. The zero-order valence-electron chi connectivity index (χ0n) is 15.4. The predicted octanol–water partition coefficient (Wildman–Crippen LogP) is 2.80. The molecule has 0 aromatic heterocycles. The normalized spacial score (nSPS) is 20.9. The Bertz CT molecular complexity index is 634. The van der Waals surface area contributed by atoms with Crippen LogP contribution in [0.2, 0.25) is 0 Å². The molecule has 0 radical (unpaired) electrons. The van der Waals surface area contributed by atoms with E-state index in [0.29, 0.717) is 24.4 Å². The zero-order valence-corrected chi connectivity index (χ0v) is 15.4. The summed E-state index contributed by atoms with van der Waals surface area (Å²) in [5.74, 6) is -0.497. The molecule has 1 aromatic carbocycles. The lowest BCUT2D eigenvalue weighted by molar-refractivity contribution is -0.139. The molecule has 1 heterocycles. The van der Waals surface area contributed by atoms with Crippen molar-refractivity contribution in [3.8, 4) is 5.75 Å². The third kappa shape index (κ3) is 4.72. The molecule has 1 amide bonds. The molecule has 1 fully saturated rings. The van der Waals surface area contributed by atoms with E-state index in [1.807, 2.05) is 18.7 Å².